The van der Waals surface area contributed by atoms with Gasteiger partial charge in [0, 0.05) is 49.5 Å². The lowest BCUT2D eigenvalue weighted by Crippen LogP contribution is -2.49. The number of hydrogen-bond donors (Lipinski definition) is 1. The molecule has 1 aliphatic heterocycles. The lowest BCUT2D eigenvalue weighted by molar-refractivity contribution is 0.209. The van der Waals surface area contributed by atoms with Crippen LogP contribution in [0.5, 0.6) is 0 Å². The van der Waals surface area contributed by atoms with Gasteiger partial charge in [-0.15, -0.1) is 0 Å². The maximum absolute atomic E-state index is 14.1. The number of rotatable bonds is 4. The van der Waals surface area contributed by atoms with Gasteiger partial charge in [-0.25, -0.2) is 4.39 Å². The molecule has 0 saturated carbocycles. The molecule has 1 aromatic carbocycles. The summed E-state index contributed by atoms with van der Waals surface area (Å²) in [6.07, 6.45) is 0.590. The van der Waals surface area contributed by atoms with Gasteiger partial charge in [-0.05, 0) is 39.3 Å². The summed E-state index contributed by atoms with van der Waals surface area (Å²) in [6.45, 7) is 10.3. The van der Waals surface area contributed by atoms with E-state index in [1.165, 1.54) is 6.07 Å². The highest BCUT2D eigenvalue weighted by Crippen LogP contribution is 2.25. The highest BCUT2D eigenvalue weighted by Gasteiger charge is 2.22. The van der Waals surface area contributed by atoms with E-state index in [0.29, 0.717) is 12.5 Å². The molecule has 1 atom stereocenters. The van der Waals surface area contributed by atoms with E-state index in [1.807, 2.05) is 13.0 Å². The number of nitrogens with two attached hydrogens (primary N) is 1. The van der Waals surface area contributed by atoms with Gasteiger partial charge < -0.3 is 10.6 Å². The van der Waals surface area contributed by atoms with Gasteiger partial charge in [-0.1, -0.05) is 6.07 Å². The normalized spacial score (nSPS) is 18.6. The molecule has 0 amide bonds. The maximum atomic E-state index is 14.1. The van der Waals surface area contributed by atoms with E-state index in [4.69, 9.17) is 5.73 Å². The van der Waals surface area contributed by atoms with Gasteiger partial charge in [0.05, 0.1) is 0 Å². The van der Waals surface area contributed by atoms with Crippen LogP contribution in [0.2, 0.25) is 0 Å². The van der Waals surface area contributed by atoms with Crippen molar-refractivity contribution in [1.29, 1.82) is 0 Å². The van der Waals surface area contributed by atoms with E-state index in [2.05, 4.69) is 23.6 Å². The van der Waals surface area contributed by atoms with E-state index in [-0.39, 0.29) is 11.9 Å². The number of hydrogen-bond acceptors (Lipinski definition) is 3. The Morgan fingerprint density at radius 3 is 2.35 bits per heavy atom. The Morgan fingerprint density at radius 2 is 1.80 bits per heavy atom. The Morgan fingerprint density at radius 1 is 1.15 bits per heavy atom. The second-order valence-electron chi connectivity index (χ2n) is 6.04. The van der Waals surface area contributed by atoms with Crippen LogP contribution in [-0.4, -0.2) is 43.2 Å². The number of anilines is 1. The van der Waals surface area contributed by atoms with Gasteiger partial charge in [-0.3, -0.25) is 4.90 Å². The van der Waals surface area contributed by atoms with Crippen LogP contribution in [0.4, 0.5) is 10.1 Å². The van der Waals surface area contributed by atoms with E-state index >= 15 is 0 Å². The van der Waals surface area contributed by atoms with E-state index in [0.717, 1.165) is 37.4 Å². The minimum atomic E-state index is -0.133. The minimum Gasteiger partial charge on any atom is -0.369 e. The van der Waals surface area contributed by atoms with E-state index < -0.39 is 0 Å². The third-order valence-corrected chi connectivity index (χ3v) is 4.01. The average Bonchev–Trinajstić information content (AvgIpc) is 2.41. The SMILES string of the molecule is CC(N)Cc1c(F)cccc1N1CCN(C(C)C)CC1. The number of piperazine rings is 1. The van der Waals surface area contributed by atoms with Gasteiger partial charge in [0.1, 0.15) is 5.82 Å². The zero-order chi connectivity index (χ0) is 14.7. The van der Waals surface area contributed by atoms with Crippen molar-refractivity contribution in [3.63, 3.8) is 0 Å². The number of halogens is 1. The van der Waals surface area contributed by atoms with Crippen molar-refractivity contribution in [2.75, 3.05) is 31.1 Å². The maximum Gasteiger partial charge on any atom is 0.128 e. The minimum absolute atomic E-state index is 0.0254. The van der Waals surface area contributed by atoms with E-state index in [9.17, 15) is 4.39 Å². The van der Waals surface area contributed by atoms with Crippen molar-refractivity contribution in [3.05, 3.63) is 29.6 Å². The predicted octanol–water partition coefficient (Wildman–Crippen LogP) is 2.25. The molecule has 4 heteroatoms. The Bertz CT molecular complexity index is 437. The first-order valence-corrected chi connectivity index (χ1v) is 7.51. The van der Waals surface area contributed by atoms with Crippen LogP contribution in [0, 0.1) is 5.82 Å². The van der Waals surface area contributed by atoms with Gasteiger partial charge in [0.15, 0.2) is 0 Å². The fraction of sp³-hybridized carbons (Fsp3) is 0.625. The van der Waals surface area contributed by atoms with Gasteiger partial charge in [0.2, 0.25) is 0 Å². The van der Waals surface area contributed by atoms with Crippen molar-refractivity contribution >= 4 is 5.69 Å². The topological polar surface area (TPSA) is 32.5 Å². The highest BCUT2D eigenvalue weighted by molar-refractivity contribution is 5.55. The molecule has 1 saturated heterocycles. The summed E-state index contributed by atoms with van der Waals surface area (Å²) in [5, 5.41) is 0. The summed E-state index contributed by atoms with van der Waals surface area (Å²) in [4.78, 5) is 4.75. The summed E-state index contributed by atoms with van der Waals surface area (Å²) in [6, 6.07) is 5.90. The molecule has 0 aromatic heterocycles. The van der Waals surface area contributed by atoms with Crippen LogP contribution in [-0.2, 0) is 6.42 Å². The number of nitrogens with zero attached hydrogens (tertiary/aromatic N) is 2. The zero-order valence-electron chi connectivity index (χ0n) is 12.8. The first kappa shape index (κ1) is 15.3. The van der Waals surface area contributed by atoms with Crippen LogP contribution < -0.4 is 10.6 Å². The zero-order valence-corrected chi connectivity index (χ0v) is 12.8. The summed E-state index contributed by atoms with van der Waals surface area (Å²) in [7, 11) is 0. The molecule has 2 rings (SSSR count). The van der Waals surface area contributed by atoms with Crippen LogP contribution >= 0.6 is 0 Å². The smallest absolute Gasteiger partial charge is 0.128 e. The summed E-state index contributed by atoms with van der Waals surface area (Å²) >= 11 is 0. The van der Waals surface area contributed by atoms with Crippen LogP contribution in [0.1, 0.15) is 26.3 Å². The molecular weight excluding hydrogens is 253 g/mol. The Balaban J connectivity index is 2.15. The van der Waals surface area contributed by atoms with Gasteiger partial charge in [0.25, 0.3) is 0 Å². The molecule has 20 heavy (non-hydrogen) atoms. The molecule has 0 spiro atoms. The van der Waals surface area contributed by atoms with Crippen LogP contribution in [0.3, 0.4) is 0 Å². The first-order chi connectivity index (χ1) is 9.49. The van der Waals surface area contributed by atoms with Crippen molar-refractivity contribution in [2.24, 2.45) is 5.73 Å². The lowest BCUT2D eigenvalue weighted by atomic mass is 10.0. The molecule has 1 heterocycles. The lowest BCUT2D eigenvalue weighted by Gasteiger charge is -2.39. The fourth-order valence-corrected chi connectivity index (χ4v) is 2.85. The standard InChI is InChI=1S/C16H26FN3/c1-12(2)19-7-9-20(10-8-19)16-6-4-5-15(17)14(16)11-13(3)18/h4-6,12-13H,7-11,18H2,1-3H3. The molecule has 112 valence electrons. The predicted molar refractivity (Wildman–Crippen MR) is 82.7 cm³/mol. The van der Waals surface area contributed by atoms with Crippen molar-refractivity contribution < 1.29 is 4.39 Å². The molecule has 0 bridgehead atoms. The first-order valence-electron chi connectivity index (χ1n) is 7.51. The Kier molecular flexibility index (Phi) is 5.00. The Labute approximate surface area is 121 Å². The Hall–Kier alpha value is -1.13. The quantitative estimate of drug-likeness (QED) is 0.917. The summed E-state index contributed by atoms with van der Waals surface area (Å²) in [5.74, 6) is -0.133. The molecule has 2 N–H and O–H groups in total. The molecule has 1 fully saturated rings. The highest BCUT2D eigenvalue weighted by atomic mass is 19.1. The molecular formula is C16H26FN3. The monoisotopic (exact) mass is 279 g/mol. The van der Waals surface area contributed by atoms with Crippen molar-refractivity contribution in [2.45, 2.75) is 39.3 Å². The molecule has 1 aliphatic rings. The van der Waals surface area contributed by atoms with Gasteiger partial charge in [-0.2, -0.15) is 0 Å². The molecule has 1 aromatic rings. The number of benzene rings is 1. The van der Waals surface area contributed by atoms with Crippen molar-refractivity contribution in [1.82, 2.24) is 4.90 Å². The molecule has 3 nitrogen and oxygen atoms in total. The second kappa shape index (κ2) is 6.55. The third-order valence-electron chi connectivity index (χ3n) is 4.01. The second-order valence-corrected chi connectivity index (χ2v) is 6.04. The molecule has 0 aliphatic carbocycles. The third kappa shape index (κ3) is 3.49. The van der Waals surface area contributed by atoms with Gasteiger partial charge >= 0.3 is 0 Å². The fourth-order valence-electron chi connectivity index (χ4n) is 2.85. The molecule has 1 unspecified atom stereocenters. The summed E-state index contributed by atoms with van der Waals surface area (Å²) < 4.78 is 14.1. The van der Waals surface area contributed by atoms with E-state index in [1.54, 1.807) is 6.07 Å². The van der Waals surface area contributed by atoms with Crippen LogP contribution in [0.15, 0.2) is 18.2 Å². The summed E-state index contributed by atoms with van der Waals surface area (Å²) in [5.41, 5.74) is 7.64. The molecule has 0 radical (unpaired) electrons. The van der Waals surface area contributed by atoms with Crippen LogP contribution in [0.25, 0.3) is 0 Å². The average molecular weight is 279 g/mol. The largest absolute Gasteiger partial charge is 0.369 e. The van der Waals surface area contributed by atoms with Crippen molar-refractivity contribution in [3.8, 4) is 0 Å².